The maximum atomic E-state index is 12.5. The Kier molecular flexibility index (Phi) is 4.59. The van der Waals surface area contributed by atoms with Gasteiger partial charge in [0.05, 0.1) is 30.3 Å². The van der Waals surface area contributed by atoms with Gasteiger partial charge in [0, 0.05) is 25.7 Å². The molecule has 2 saturated heterocycles. The van der Waals surface area contributed by atoms with Gasteiger partial charge in [-0.2, -0.15) is 0 Å². The molecule has 1 aromatic heterocycles. The number of imidazole rings is 1. The van der Waals surface area contributed by atoms with Crippen LogP contribution in [0.1, 0.15) is 24.7 Å². The Labute approximate surface area is 147 Å². The predicted octanol–water partition coefficient (Wildman–Crippen LogP) is 1.74. The summed E-state index contributed by atoms with van der Waals surface area (Å²) in [7, 11) is 2.12. The van der Waals surface area contributed by atoms with E-state index in [-0.39, 0.29) is 18.1 Å². The van der Waals surface area contributed by atoms with E-state index in [0.29, 0.717) is 26.3 Å². The molecule has 2 fully saturated rings. The van der Waals surface area contributed by atoms with Crippen LogP contribution in [0.2, 0.25) is 0 Å². The van der Waals surface area contributed by atoms with Gasteiger partial charge in [0.1, 0.15) is 5.82 Å². The Morgan fingerprint density at radius 1 is 1.28 bits per heavy atom. The Balaban J connectivity index is 1.44. The first kappa shape index (κ1) is 16.4. The summed E-state index contributed by atoms with van der Waals surface area (Å²) >= 11 is 0. The largest absolute Gasteiger partial charge is 0.378 e. The highest BCUT2D eigenvalue weighted by atomic mass is 16.5. The van der Waals surface area contributed by atoms with Crippen molar-refractivity contribution in [2.75, 3.05) is 39.9 Å². The topological polar surface area (TPSA) is 73.5 Å². The number of fused-ring (bicyclic) bond motifs is 1. The Bertz CT molecular complexity index is 707. The first-order valence-electron chi connectivity index (χ1n) is 8.99. The van der Waals surface area contributed by atoms with Crippen LogP contribution in [0.4, 0.5) is 4.79 Å². The summed E-state index contributed by atoms with van der Waals surface area (Å²) in [5.41, 5.74) is 2.05. The molecule has 2 aliphatic heterocycles. The fourth-order valence-corrected chi connectivity index (χ4v) is 3.70. The molecule has 0 bridgehead atoms. The quantitative estimate of drug-likeness (QED) is 0.871. The minimum atomic E-state index is 0.0289. The van der Waals surface area contributed by atoms with Crippen LogP contribution in [0, 0.1) is 0 Å². The van der Waals surface area contributed by atoms with Gasteiger partial charge in [-0.25, -0.2) is 9.78 Å². The van der Waals surface area contributed by atoms with Crippen molar-refractivity contribution in [1.29, 1.82) is 0 Å². The number of benzene rings is 1. The third kappa shape index (κ3) is 3.48. The minimum absolute atomic E-state index is 0.0289. The molecule has 2 aliphatic rings. The molecule has 0 radical (unpaired) electrons. The maximum absolute atomic E-state index is 12.5. The van der Waals surface area contributed by atoms with Crippen molar-refractivity contribution in [3.63, 3.8) is 0 Å². The Hall–Kier alpha value is -2.12. The second-order valence-electron chi connectivity index (χ2n) is 6.91. The monoisotopic (exact) mass is 343 g/mol. The van der Waals surface area contributed by atoms with Gasteiger partial charge in [0.15, 0.2) is 0 Å². The lowest BCUT2D eigenvalue weighted by Gasteiger charge is -2.37. The van der Waals surface area contributed by atoms with Gasteiger partial charge in [-0.3, -0.25) is 4.90 Å². The van der Waals surface area contributed by atoms with E-state index in [1.165, 1.54) is 0 Å². The van der Waals surface area contributed by atoms with Crippen LogP contribution in [-0.4, -0.2) is 71.7 Å². The number of carbonyl (C=O) groups excluding carboxylic acids is 1. The number of hydrogen-bond donors (Lipinski definition) is 2. The van der Waals surface area contributed by atoms with Crippen molar-refractivity contribution in [2.45, 2.75) is 24.9 Å². The average Bonchev–Trinajstić information content (AvgIpc) is 3.08. The van der Waals surface area contributed by atoms with Gasteiger partial charge in [0.2, 0.25) is 0 Å². The molecule has 7 heteroatoms. The van der Waals surface area contributed by atoms with E-state index in [1.54, 1.807) is 0 Å². The molecule has 0 spiro atoms. The summed E-state index contributed by atoms with van der Waals surface area (Å²) < 4.78 is 5.32. The first-order chi connectivity index (χ1) is 12.2. The summed E-state index contributed by atoms with van der Waals surface area (Å²) in [4.78, 5) is 24.8. The molecule has 7 nitrogen and oxygen atoms in total. The zero-order chi connectivity index (χ0) is 17.2. The lowest BCUT2D eigenvalue weighted by molar-refractivity contribution is 0.0510. The number of rotatable bonds is 2. The second kappa shape index (κ2) is 7.01. The minimum Gasteiger partial charge on any atom is -0.378 e. The number of aromatic amines is 1. The van der Waals surface area contributed by atoms with Crippen molar-refractivity contribution < 1.29 is 9.53 Å². The van der Waals surface area contributed by atoms with Crippen molar-refractivity contribution in [3.8, 4) is 0 Å². The summed E-state index contributed by atoms with van der Waals surface area (Å²) in [6.45, 7) is 3.54. The van der Waals surface area contributed by atoms with Gasteiger partial charge in [-0.1, -0.05) is 12.1 Å². The van der Waals surface area contributed by atoms with Crippen molar-refractivity contribution in [1.82, 2.24) is 25.1 Å². The number of hydrogen-bond acceptors (Lipinski definition) is 4. The number of ether oxygens (including phenoxy) is 1. The highest BCUT2D eigenvalue weighted by Gasteiger charge is 2.31. The lowest BCUT2D eigenvalue weighted by atomic mass is 9.97. The number of carbonyl (C=O) groups is 1. The maximum Gasteiger partial charge on any atom is 0.317 e. The second-order valence-corrected chi connectivity index (χ2v) is 6.91. The number of amides is 2. The number of para-hydroxylation sites is 2. The lowest BCUT2D eigenvalue weighted by Crippen LogP contribution is -2.52. The molecule has 3 heterocycles. The third-order valence-electron chi connectivity index (χ3n) is 5.22. The molecule has 2 atom stereocenters. The predicted molar refractivity (Wildman–Crippen MR) is 95.4 cm³/mol. The van der Waals surface area contributed by atoms with E-state index in [2.05, 4.69) is 22.2 Å². The Morgan fingerprint density at radius 2 is 2.08 bits per heavy atom. The molecule has 0 unspecified atom stereocenters. The van der Waals surface area contributed by atoms with Gasteiger partial charge in [0.25, 0.3) is 0 Å². The van der Waals surface area contributed by atoms with E-state index in [4.69, 9.17) is 9.72 Å². The first-order valence-corrected chi connectivity index (χ1v) is 8.99. The molecule has 2 aromatic rings. The van der Waals surface area contributed by atoms with Crippen molar-refractivity contribution in [3.05, 3.63) is 30.1 Å². The van der Waals surface area contributed by atoms with E-state index in [9.17, 15) is 4.79 Å². The molecule has 2 amide bonds. The van der Waals surface area contributed by atoms with E-state index in [1.807, 2.05) is 29.2 Å². The van der Waals surface area contributed by atoms with Crippen LogP contribution in [0.15, 0.2) is 24.3 Å². The fourth-order valence-electron chi connectivity index (χ4n) is 3.70. The van der Waals surface area contributed by atoms with Crippen LogP contribution in [-0.2, 0) is 4.74 Å². The highest BCUT2D eigenvalue weighted by molar-refractivity contribution is 5.75. The number of morpholine rings is 1. The number of H-pyrrole nitrogens is 1. The summed E-state index contributed by atoms with van der Waals surface area (Å²) in [6.07, 6.45) is 1.83. The zero-order valence-electron chi connectivity index (χ0n) is 14.6. The van der Waals surface area contributed by atoms with Crippen molar-refractivity contribution in [2.24, 2.45) is 0 Å². The number of aromatic nitrogens is 2. The zero-order valence-corrected chi connectivity index (χ0v) is 14.6. The molecule has 4 rings (SSSR count). The molecular formula is C18H25N5O2. The molecular weight excluding hydrogens is 318 g/mol. The number of piperidine rings is 1. The van der Waals surface area contributed by atoms with E-state index < -0.39 is 0 Å². The highest BCUT2D eigenvalue weighted by Crippen LogP contribution is 2.29. The Morgan fingerprint density at radius 3 is 2.88 bits per heavy atom. The molecule has 2 N–H and O–H groups in total. The number of nitrogens with zero attached hydrogens (tertiary/aromatic N) is 3. The normalized spacial score (nSPS) is 25.2. The van der Waals surface area contributed by atoms with Crippen LogP contribution < -0.4 is 5.32 Å². The van der Waals surface area contributed by atoms with Gasteiger partial charge < -0.3 is 19.9 Å². The van der Waals surface area contributed by atoms with Gasteiger partial charge in [-0.15, -0.1) is 0 Å². The molecule has 1 aromatic carbocycles. The van der Waals surface area contributed by atoms with Crippen LogP contribution >= 0.6 is 0 Å². The molecule has 0 saturated carbocycles. The summed E-state index contributed by atoms with van der Waals surface area (Å²) in [5, 5.41) is 3.21. The number of nitrogens with one attached hydrogen (secondary N) is 2. The number of likely N-dealkylation sites (tertiary alicyclic amines) is 1. The van der Waals surface area contributed by atoms with Crippen LogP contribution in [0.3, 0.4) is 0 Å². The van der Waals surface area contributed by atoms with Crippen molar-refractivity contribution >= 4 is 17.1 Å². The smallest absolute Gasteiger partial charge is 0.317 e. The van der Waals surface area contributed by atoms with Gasteiger partial charge in [-0.05, 0) is 32.0 Å². The standard InChI is InChI=1S/C18H25N5O2/c1-22-7-6-13(19-18(24)23-8-10-25-11-9-23)12-16(22)17-20-14-4-2-3-5-15(14)21-17/h2-5,13,16H,6-12H2,1H3,(H,19,24)(H,20,21)/t13-,16-/m1/s1. The SMILES string of the molecule is CN1CC[C@@H](NC(=O)N2CCOCC2)C[C@@H]1c1nc2ccccc2[nH]1. The van der Waals surface area contributed by atoms with Gasteiger partial charge >= 0.3 is 6.03 Å². The number of urea groups is 1. The third-order valence-corrected chi connectivity index (χ3v) is 5.22. The summed E-state index contributed by atoms with van der Waals surface area (Å²) in [6, 6.07) is 8.48. The summed E-state index contributed by atoms with van der Waals surface area (Å²) in [5.74, 6) is 0.981. The van der Waals surface area contributed by atoms with Crippen LogP contribution in [0.25, 0.3) is 11.0 Å². The average molecular weight is 343 g/mol. The molecule has 0 aliphatic carbocycles. The van der Waals surface area contributed by atoms with Crippen LogP contribution in [0.5, 0.6) is 0 Å². The van der Waals surface area contributed by atoms with E-state index >= 15 is 0 Å². The molecule has 134 valence electrons. The fraction of sp³-hybridized carbons (Fsp3) is 0.556. The molecule has 25 heavy (non-hydrogen) atoms. The van der Waals surface area contributed by atoms with E-state index in [0.717, 1.165) is 36.2 Å².